The average molecular weight is 197 g/mol. The van der Waals surface area contributed by atoms with Gasteiger partial charge in [-0.1, -0.05) is 6.92 Å². The van der Waals surface area contributed by atoms with Crippen LogP contribution in [0.4, 0.5) is 5.82 Å². The predicted octanol–water partition coefficient (Wildman–Crippen LogP) is 2.41. The third-order valence-electron chi connectivity index (χ3n) is 1.42. The molecule has 1 N–H and O–H groups in total. The van der Waals surface area contributed by atoms with Crippen molar-refractivity contribution in [3.63, 3.8) is 0 Å². The van der Waals surface area contributed by atoms with Crippen molar-refractivity contribution < 1.29 is 0 Å². The monoisotopic (exact) mass is 197 g/mol. The van der Waals surface area contributed by atoms with Crippen molar-refractivity contribution >= 4 is 17.6 Å². The third-order valence-corrected chi connectivity index (χ3v) is 2.53. The van der Waals surface area contributed by atoms with Crippen LogP contribution >= 0.6 is 11.8 Å². The summed E-state index contributed by atoms with van der Waals surface area (Å²) in [6.07, 6.45) is 4.72. The molecule has 0 saturated heterocycles. The van der Waals surface area contributed by atoms with Gasteiger partial charge in [0.15, 0.2) is 0 Å². The molecule has 0 aliphatic carbocycles. The predicted molar refractivity (Wildman–Crippen MR) is 57.2 cm³/mol. The van der Waals surface area contributed by atoms with Gasteiger partial charge in [0.2, 0.25) is 0 Å². The molecule has 0 aliphatic heterocycles. The van der Waals surface area contributed by atoms with Gasteiger partial charge in [0.1, 0.15) is 10.8 Å². The highest BCUT2D eigenvalue weighted by Crippen LogP contribution is 2.16. The molecule has 13 heavy (non-hydrogen) atoms. The van der Waals surface area contributed by atoms with Crippen LogP contribution in [0.1, 0.15) is 20.3 Å². The lowest BCUT2D eigenvalue weighted by Crippen LogP contribution is -2.00. The van der Waals surface area contributed by atoms with Crippen molar-refractivity contribution in [1.82, 2.24) is 9.97 Å². The first-order valence-corrected chi connectivity index (χ1v) is 5.54. The van der Waals surface area contributed by atoms with Crippen molar-refractivity contribution in [1.29, 1.82) is 0 Å². The van der Waals surface area contributed by atoms with Crippen LogP contribution in [0.2, 0.25) is 0 Å². The van der Waals surface area contributed by atoms with Crippen molar-refractivity contribution in [2.24, 2.45) is 0 Å². The van der Waals surface area contributed by atoms with E-state index in [9.17, 15) is 0 Å². The van der Waals surface area contributed by atoms with Gasteiger partial charge < -0.3 is 5.32 Å². The molecule has 1 heterocycles. The first-order chi connectivity index (χ1) is 6.36. The van der Waals surface area contributed by atoms with Gasteiger partial charge in [0.05, 0.1) is 12.4 Å². The quantitative estimate of drug-likeness (QED) is 0.736. The van der Waals surface area contributed by atoms with E-state index >= 15 is 0 Å². The van der Waals surface area contributed by atoms with Gasteiger partial charge in [-0.2, -0.15) is 0 Å². The summed E-state index contributed by atoms with van der Waals surface area (Å²) < 4.78 is 0. The maximum Gasteiger partial charge on any atom is 0.145 e. The molecule has 0 aliphatic rings. The number of aromatic nitrogens is 2. The standard InChI is InChI=1S/C9H15N3S/c1-3-5-13-9-7-10-6-8(12-9)11-4-2/h6-7H,3-5H2,1-2H3,(H,11,12). The first-order valence-electron chi connectivity index (χ1n) is 4.55. The second-order valence-corrected chi connectivity index (χ2v) is 3.74. The largest absolute Gasteiger partial charge is 0.369 e. The zero-order chi connectivity index (χ0) is 9.52. The summed E-state index contributed by atoms with van der Waals surface area (Å²) in [5, 5.41) is 4.14. The average Bonchev–Trinajstić information content (AvgIpc) is 2.16. The minimum Gasteiger partial charge on any atom is -0.369 e. The van der Waals surface area contributed by atoms with Crippen LogP contribution in [-0.4, -0.2) is 22.3 Å². The Morgan fingerprint density at radius 2 is 2.23 bits per heavy atom. The molecule has 3 nitrogen and oxygen atoms in total. The molecule has 0 atom stereocenters. The molecule has 0 bridgehead atoms. The van der Waals surface area contributed by atoms with E-state index in [0.29, 0.717) is 0 Å². The van der Waals surface area contributed by atoms with Gasteiger partial charge in [-0.05, 0) is 19.1 Å². The van der Waals surface area contributed by atoms with Crippen molar-refractivity contribution in [2.75, 3.05) is 17.6 Å². The van der Waals surface area contributed by atoms with Gasteiger partial charge in [-0.3, -0.25) is 4.98 Å². The molecule has 0 saturated carbocycles. The minimum absolute atomic E-state index is 0.864. The molecule has 1 aromatic rings. The van der Waals surface area contributed by atoms with E-state index in [-0.39, 0.29) is 0 Å². The van der Waals surface area contributed by atoms with Crippen LogP contribution < -0.4 is 5.32 Å². The molecular weight excluding hydrogens is 182 g/mol. The van der Waals surface area contributed by atoms with E-state index in [1.165, 1.54) is 0 Å². The normalized spacial score (nSPS) is 10.0. The van der Waals surface area contributed by atoms with Crippen LogP contribution in [0.15, 0.2) is 17.4 Å². The van der Waals surface area contributed by atoms with E-state index in [1.807, 2.05) is 6.92 Å². The van der Waals surface area contributed by atoms with Crippen LogP contribution in [0, 0.1) is 0 Å². The molecule has 4 heteroatoms. The topological polar surface area (TPSA) is 37.8 Å². The number of nitrogens with one attached hydrogen (secondary N) is 1. The Balaban J connectivity index is 2.56. The molecule has 0 spiro atoms. The van der Waals surface area contributed by atoms with Gasteiger partial charge in [0, 0.05) is 6.54 Å². The van der Waals surface area contributed by atoms with E-state index in [2.05, 4.69) is 22.2 Å². The van der Waals surface area contributed by atoms with Gasteiger partial charge in [-0.25, -0.2) is 4.98 Å². The van der Waals surface area contributed by atoms with E-state index in [1.54, 1.807) is 24.2 Å². The summed E-state index contributed by atoms with van der Waals surface area (Å²) in [6.45, 7) is 5.10. The second kappa shape index (κ2) is 5.80. The third kappa shape index (κ3) is 3.63. The van der Waals surface area contributed by atoms with Crippen LogP contribution in [0.25, 0.3) is 0 Å². The molecule has 0 fully saturated rings. The number of nitrogens with zero attached hydrogens (tertiary/aromatic N) is 2. The summed E-state index contributed by atoms with van der Waals surface area (Å²) in [4.78, 5) is 8.50. The summed E-state index contributed by atoms with van der Waals surface area (Å²) in [6, 6.07) is 0. The molecule has 1 rings (SSSR count). The number of hydrogen-bond acceptors (Lipinski definition) is 4. The zero-order valence-electron chi connectivity index (χ0n) is 8.08. The summed E-state index contributed by atoms with van der Waals surface area (Å²) in [5.41, 5.74) is 0. The minimum atomic E-state index is 0.864. The molecule has 0 radical (unpaired) electrons. The first kappa shape index (κ1) is 10.3. The van der Waals surface area contributed by atoms with Crippen LogP contribution in [0.3, 0.4) is 0 Å². The zero-order valence-corrected chi connectivity index (χ0v) is 8.90. The Morgan fingerprint density at radius 3 is 2.92 bits per heavy atom. The fraction of sp³-hybridized carbons (Fsp3) is 0.556. The highest BCUT2D eigenvalue weighted by Gasteiger charge is 1.97. The van der Waals surface area contributed by atoms with E-state index in [0.717, 1.165) is 29.6 Å². The maximum atomic E-state index is 4.39. The highest BCUT2D eigenvalue weighted by atomic mass is 32.2. The second-order valence-electron chi connectivity index (χ2n) is 2.62. The lowest BCUT2D eigenvalue weighted by atomic mass is 10.6. The molecule has 0 aromatic carbocycles. The van der Waals surface area contributed by atoms with E-state index in [4.69, 9.17) is 0 Å². The van der Waals surface area contributed by atoms with Crippen molar-refractivity contribution in [2.45, 2.75) is 25.3 Å². The Labute approximate surface area is 83.4 Å². The molecule has 0 unspecified atom stereocenters. The Kier molecular flexibility index (Phi) is 4.60. The number of thioether (sulfide) groups is 1. The Morgan fingerprint density at radius 1 is 1.38 bits per heavy atom. The van der Waals surface area contributed by atoms with Crippen molar-refractivity contribution in [3.8, 4) is 0 Å². The number of rotatable bonds is 5. The molecular formula is C9H15N3S. The highest BCUT2D eigenvalue weighted by molar-refractivity contribution is 7.99. The summed E-state index contributed by atoms with van der Waals surface area (Å²) in [7, 11) is 0. The SMILES string of the molecule is CCCSc1cncc(NCC)n1. The lowest BCUT2D eigenvalue weighted by Gasteiger charge is -2.03. The fourth-order valence-corrected chi connectivity index (χ4v) is 1.60. The molecule has 72 valence electrons. The van der Waals surface area contributed by atoms with Crippen LogP contribution in [-0.2, 0) is 0 Å². The maximum absolute atomic E-state index is 4.39. The summed E-state index contributed by atoms with van der Waals surface area (Å²) >= 11 is 1.75. The lowest BCUT2D eigenvalue weighted by molar-refractivity contribution is 1.02. The van der Waals surface area contributed by atoms with Crippen LogP contribution in [0.5, 0.6) is 0 Å². The van der Waals surface area contributed by atoms with Crippen molar-refractivity contribution in [3.05, 3.63) is 12.4 Å². The van der Waals surface area contributed by atoms with Gasteiger partial charge in [-0.15, -0.1) is 11.8 Å². The summed E-state index contributed by atoms with van der Waals surface area (Å²) in [5.74, 6) is 1.97. The number of hydrogen-bond donors (Lipinski definition) is 1. The van der Waals surface area contributed by atoms with Gasteiger partial charge >= 0.3 is 0 Å². The molecule has 0 amide bonds. The smallest absolute Gasteiger partial charge is 0.145 e. The Bertz CT molecular complexity index is 252. The number of anilines is 1. The van der Waals surface area contributed by atoms with E-state index < -0.39 is 0 Å². The molecule has 1 aromatic heterocycles. The Hall–Kier alpha value is -0.770. The van der Waals surface area contributed by atoms with Gasteiger partial charge in [0.25, 0.3) is 0 Å². The fourth-order valence-electron chi connectivity index (χ4n) is 0.891.